The van der Waals surface area contributed by atoms with Crippen molar-refractivity contribution in [1.82, 2.24) is 5.16 Å². The third-order valence-corrected chi connectivity index (χ3v) is 2.31. The molecule has 0 bridgehead atoms. The quantitative estimate of drug-likeness (QED) is 0.778. The zero-order valence-electron chi connectivity index (χ0n) is 14.4. The van der Waals surface area contributed by atoms with Crippen molar-refractivity contribution in [2.45, 2.75) is 59.7 Å². The number of hydrogen-bond acceptors (Lipinski definition) is 7. The summed E-state index contributed by atoms with van der Waals surface area (Å²) in [7, 11) is 0. The number of aromatic nitrogens is 1. The highest BCUT2D eigenvalue weighted by molar-refractivity contribution is 6.09. The van der Waals surface area contributed by atoms with E-state index in [0.29, 0.717) is 4.90 Å². The molecule has 8 heteroatoms. The summed E-state index contributed by atoms with van der Waals surface area (Å²) in [6.07, 6.45) is -2.03. The number of aryl methyl sites for hydroxylation is 1. The number of nitrogens with zero attached hydrogens (tertiary/aromatic N) is 3. The van der Waals surface area contributed by atoms with Gasteiger partial charge in [0.05, 0.1) is 0 Å². The van der Waals surface area contributed by atoms with E-state index in [2.05, 4.69) is 5.16 Å². The van der Waals surface area contributed by atoms with Gasteiger partial charge in [-0.3, -0.25) is 0 Å². The SMILES string of the molecule is Cc1noc(N(C(=O)OC(C)(C)C)C(=O)OC(C)(C)C)c1C#N. The van der Waals surface area contributed by atoms with Crippen LogP contribution in [0.25, 0.3) is 0 Å². The molecule has 0 aromatic carbocycles. The van der Waals surface area contributed by atoms with Gasteiger partial charge in [-0.2, -0.15) is 5.26 Å². The fourth-order valence-corrected chi connectivity index (χ4v) is 1.49. The van der Waals surface area contributed by atoms with Gasteiger partial charge in [-0.1, -0.05) is 5.16 Å². The highest BCUT2D eigenvalue weighted by atomic mass is 16.6. The summed E-state index contributed by atoms with van der Waals surface area (Å²) >= 11 is 0. The average Bonchev–Trinajstić information content (AvgIpc) is 2.65. The van der Waals surface area contributed by atoms with Crippen LogP contribution in [0.1, 0.15) is 52.8 Å². The first-order chi connectivity index (χ1) is 10.4. The topological polar surface area (TPSA) is 106 Å². The lowest BCUT2D eigenvalue weighted by Crippen LogP contribution is -2.44. The van der Waals surface area contributed by atoms with E-state index in [1.807, 2.05) is 6.07 Å². The molecule has 0 aliphatic carbocycles. The minimum absolute atomic E-state index is 0.0401. The normalized spacial score (nSPS) is 11.6. The maximum atomic E-state index is 12.4. The van der Waals surface area contributed by atoms with Crippen LogP contribution in [0.15, 0.2) is 4.52 Å². The van der Waals surface area contributed by atoms with Crippen molar-refractivity contribution < 1.29 is 23.6 Å². The minimum Gasteiger partial charge on any atom is -0.443 e. The van der Waals surface area contributed by atoms with Gasteiger partial charge < -0.3 is 14.0 Å². The van der Waals surface area contributed by atoms with Gasteiger partial charge in [0, 0.05) is 0 Å². The Morgan fingerprint density at radius 3 is 1.87 bits per heavy atom. The molecule has 126 valence electrons. The van der Waals surface area contributed by atoms with E-state index >= 15 is 0 Å². The summed E-state index contributed by atoms with van der Waals surface area (Å²) in [5.41, 5.74) is -1.49. The molecule has 0 aliphatic heterocycles. The molecule has 0 saturated heterocycles. The number of rotatable bonds is 1. The highest BCUT2D eigenvalue weighted by Crippen LogP contribution is 2.26. The largest absolute Gasteiger partial charge is 0.443 e. The summed E-state index contributed by atoms with van der Waals surface area (Å²) in [6.45, 7) is 11.4. The molecule has 1 heterocycles. The van der Waals surface area contributed by atoms with Crippen LogP contribution in [0.4, 0.5) is 15.5 Å². The Labute approximate surface area is 134 Å². The number of ether oxygens (including phenoxy) is 2. The van der Waals surface area contributed by atoms with Crippen LogP contribution in [0.5, 0.6) is 0 Å². The zero-order chi connectivity index (χ0) is 18.0. The molecule has 0 saturated carbocycles. The van der Waals surface area contributed by atoms with Crippen LogP contribution >= 0.6 is 0 Å². The van der Waals surface area contributed by atoms with Gasteiger partial charge in [0.1, 0.15) is 28.5 Å². The molecule has 0 spiro atoms. The van der Waals surface area contributed by atoms with Crippen molar-refractivity contribution in [3.8, 4) is 6.07 Å². The van der Waals surface area contributed by atoms with Crippen molar-refractivity contribution >= 4 is 18.1 Å². The first kappa shape index (κ1) is 18.5. The lowest BCUT2D eigenvalue weighted by Gasteiger charge is -2.27. The first-order valence-electron chi connectivity index (χ1n) is 6.98. The molecule has 0 aliphatic rings. The lowest BCUT2D eigenvalue weighted by atomic mass is 10.2. The van der Waals surface area contributed by atoms with Gasteiger partial charge in [0.25, 0.3) is 5.88 Å². The van der Waals surface area contributed by atoms with Crippen LogP contribution in [0, 0.1) is 18.3 Å². The monoisotopic (exact) mass is 323 g/mol. The Morgan fingerprint density at radius 1 is 1.09 bits per heavy atom. The molecule has 8 nitrogen and oxygen atoms in total. The van der Waals surface area contributed by atoms with Crippen molar-refractivity contribution in [3.05, 3.63) is 11.3 Å². The number of hydrogen-bond donors (Lipinski definition) is 0. The maximum absolute atomic E-state index is 12.4. The average molecular weight is 323 g/mol. The second-order valence-electron chi connectivity index (χ2n) is 6.86. The van der Waals surface area contributed by atoms with E-state index in [-0.39, 0.29) is 17.1 Å². The number of anilines is 1. The molecule has 2 amide bonds. The first-order valence-corrected chi connectivity index (χ1v) is 6.98. The fraction of sp³-hybridized carbons (Fsp3) is 0.600. The van der Waals surface area contributed by atoms with Crippen LogP contribution in [0.3, 0.4) is 0 Å². The van der Waals surface area contributed by atoms with Crippen LogP contribution < -0.4 is 4.90 Å². The Kier molecular flexibility index (Phi) is 5.05. The molecule has 1 aromatic heterocycles. The van der Waals surface area contributed by atoms with Crippen LogP contribution in [-0.4, -0.2) is 28.5 Å². The molecule has 23 heavy (non-hydrogen) atoms. The minimum atomic E-state index is -1.01. The maximum Gasteiger partial charge on any atom is 0.427 e. The van der Waals surface area contributed by atoms with E-state index < -0.39 is 23.4 Å². The summed E-state index contributed by atoms with van der Waals surface area (Å²) in [5, 5.41) is 12.8. The van der Waals surface area contributed by atoms with Gasteiger partial charge in [-0.05, 0) is 48.5 Å². The summed E-state index contributed by atoms with van der Waals surface area (Å²) in [6, 6.07) is 1.85. The second kappa shape index (κ2) is 6.28. The van der Waals surface area contributed by atoms with Crippen molar-refractivity contribution in [3.63, 3.8) is 0 Å². The molecular weight excluding hydrogens is 302 g/mol. The molecule has 1 aromatic rings. The van der Waals surface area contributed by atoms with Gasteiger partial charge in [0.15, 0.2) is 0 Å². The Hall–Kier alpha value is -2.56. The number of nitriles is 1. The number of amides is 2. The van der Waals surface area contributed by atoms with Crippen LogP contribution in [0.2, 0.25) is 0 Å². The van der Waals surface area contributed by atoms with E-state index in [4.69, 9.17) is 14.0 Å². The van der Waals surface area contributed by atoms with E-state index in [1.165, 1.54) is 6.92 Å². The molecule has 0 fully saturated rings. The third kappa shape index (κ3) is 4.98. The van der Waals surface area contributed by atoms with Crippen LogP contribution in [-0.2, 0) is 9.47 Å². The zero-order valence-corrected chi connectivity index (χ0v) is 14.4. The molecule has 0 atom stereocenters. The number of carbonyl (C=O) groups is 2. The Morgan fingerprint density at radius 2 is 1.52 bits per heavy atom. The van der Waals surface area contributed by atoms with E-state index in [0.717, 1.165) is 0 Å². The van der Waals surface area contributed by atoms with Gasteiger partial charge in [-0.15, -0.1) is 4.90 Å². The second-order valence-corrected chi connectivity index (χ2v) is 6.86. The predicted molar refractivity (Wildman–Crippen MR) is 80.9 cm³/mol. The molecule has 0 N–H and O–H groups in total. The fourth-order valence-electron chi connectivity index (χ4n) is 1.49. The van der Waals surface area contributed by atoms with Gasteiger partial charge >= 0.3 is 12.2 Å². The Bertz CT molecular complexity index is 616. The van der Waals surface area contributed by atoms with Crippen molar-refractivity contribution in [2.24, 2.45) is 0 Å². The van der Waals surface area contributed by atoms with E-state index in [9.17, 15) is 14.9 Å². The predicted octanol–water partition coefficient (Wildman–Crippen LogP) is 3.53. The third-order valence-electron chi connectivity index (χ3n) is 2.31. The standard InChI is InChI=1S/C15H21N3O5/c1-9-10(8-16)11(23-17-9)18(12(19)21-14(2,3)4)13(20)22-15(5,6)7/h1-7H3. The molecule has 0 unspecified atom stereocenters. The summed E-state index contributed by atoms with van der Waals surface area (Å²) in [4.78, 5) is 25.3. The lowest BCUT2D eigenvalue weighted by molar-refractivity contribution is 0.0419. The Balaban J connectivity index is 3.29. The molecule has 0 radical (unpaired) electrons. The number of carbonyl (C=O) groups excluding carboxylic acids is 2. The van der Waals surface area contributed by atoms with Crippen molar-refractivity contribution in [1.29, 1.82) is 5.26 Å². The van der Waals surface area contributed by atoms with Crippen molar-refractivity contribution in [2.75, 3.05) is 4.90 Å². The molecule has 1 rings (SSSR count). The summed E-state index contributed by atoms with van der Waals surface area (Å²) in [5.74, 6) is -0.325. The van der Waals surface area contributed by atoms with Gasteiger partial charge in [0.2, 0.25) is 0 Å². The smallest absolute Gasteiger partial charge is 0.427 e. The highest BCUT2D eigenvalue weighted by Gasteiger charge is 2.37. The van der Waals surface area contributed by atoms with E-state index in [1.54, 1.807) is 41.5 Å². The summed E-state index contributed by atoms with van der Waals surface area (Å²) < 4.78 is 15.3. The molecular formula is C15H21N3O5. The number of imide groups is 1. The van der Waals surface area contributed by atoms with Gasteiger partial charge in [-0.25, -0.2) is 9.59 Å².